The highest BCUT2D eigenvalue weighted by Crippen LogP contribution is 2.27. The van der Waals surface area contributed by atoms with Crippen LogP contribution in [0.15, 0.2) is 65.6 Å². The lowest BCUT2D eigenvalue weighted by Crippen LogP contribution is -2.46. The molecule has 1 atom stereocenters. The van der Waals surface area contributed by atoms with E-state index in [1.54, 1.807) is 16.7 Å². The van der Waals surface area contributed by atoms with Crippen molar-refractivity contribution in [3.8, 4) is 17.4 Å². The molecular weight excluding hydrogens is 522 g/mol. The van der Waals surface area contributed by atoms with E-state index in [0.717, 1.165) is 5.56 Å². The average molecular weight is 562 g/mol. The van der Waals surface area contributed by atoms with E-state index in [1.165, 1.54) is 6.20 Å². The van der Waals surface area contributed by atoms with E-state index in [9.17, 15) is 14.7 Å². The quantitative estimate of drug-likeness (QED) is 0.205. The number of aromatic amines is 1. The van der Waals surface area contributed by atoms with Gasteiger partial charge in [0.1, 0.15) is 35.3 Å². The lowest BCUT2D eigenvalue weighted by Gasteiger charge is -2.28. The minimum Gasteiger partial charge on any atom is -0.489 e. The van der Waals surface area contributed by atoms with Crippen LogP contribution in [-0.4, -0.2) is 50.3 Å². The highest BCUT2D eigenvalue weighted by atomic mass is 16.5. The van der Waals surface area contributed by atoms with Gasteiger partial charge in [0, 0.05) is 24.8 Å². The molecule has 218 valence electrons. The topological polar surface area (TPSA) is 144 Å². The Morgan fingerprint density at radius 2 is 1.83 bits per heavy atom. The van der Waals surface area contributed by atoms with E-state index in [-0.39, 0.29) is 34.7 Å². The molecule has 0 radical (unpaired) electrons. The number of benzene rings is 2. The Balaban J connectivity index is 1.32. The molecule has 2 aromatic heterocycles. The van der Waals surface area contributed by atoms with Crippen LogP contribution in [0.4, 0.5) is 0 Å². The second-order valence-corrected chi connectivity index (χ2v) is 12.1. The number of carbonyl (C=O) groups excluding carboxylic acids is 1. The van der Waals surface area contributed by atoms with Gasteiger partial charge < -0.3 is 30.6 Å². The third-order valence-electron chi connectivity index (χ3n) is 6.46. The molecule has 0 aliphatic heterocycles. The number of pyridine rings is 1. The van der Waals surface area contributed by atoms with E-state index < -0.39 is 12.0 Å². The monoisotopic (exact) mass is 561 g/mol. The summed E-state index contributed by atoms with van der Waals surface area (Å²) >= 11 is 0. The van der Waals surface area contributed by atoms with E-state index in [0.29, 0.717) is 42.0 Å². The predicted octanol–water partition coefficient (Wildman–Crippen LogP) is 4.01. The summed E-state index contributed by atoms with van der Waals surface area (Å²) in [7, 11) is 0. The molecule has 5 N–H and O–H groups in total. The summed E-state index contributed by atoms with van der Waals surface area (Å²) in [5.74, 6) is 0.654. The Morgan fingerprint density at radius 1 is 1.10 bits per heavy atom. The van der Waals surface area contributed by atoms with Gasteiger partial charge in [0.05, 0.1) is 5.52 Å². The lowest BCUT2D eigenvalue weighted by molar-refractivity contribution is 0.0993. The average Bonchev–Trinajstić information content (AvgIpc) is 3.21. The number of para-hydroxylation sites is 1. The lowest BCUT2D eigenvalue weighted by atomic mass is 9.94. The van der Waals surface area contributed by atoms with Crippen molar-refractivity contribution >= 4 is 16.9 Å². The molecule has 1 amide bonds. The second kappa shape index (κ2) is 12.2. The maximum Gasteiger partial charge on any atom is 0.326 e. The number of aliphatic hydroxyl groups excluding tert-OH is 1. The Morgan fingerprint density at radius 3 is 2.51 bits per heavy atom. The maximum atomic E-state index is 12.6. The summed E-state index contributed by atoms with van der Waals surface area (Å²) in [6.45, 7) is 11.3. The van der Waals surface area contributed by atoms with Crippen LogP contribution in [0, 0.1) is 5.41 Å². The van der Waals surface area contributed by atoms with Gasteiger partial charge >= 0.3 is 5.69 Å². The van der Waals surface area contributed by atoms with Crippen molar-refractivity contribution in [2.45, 2.75) is 59.2 Å². The number of aromatic nitrogens is 3. The normalized spacial score (nSPS) is 12.8. The first-order chi connectivity index (χ1) is 19.3. The number of primary amides is 1. The van der Waals surface area contributed by atoms with Gasteiger partial charge in [-0.15, -0.1) is 0 Å². The second-order valence-electron chi connectivity index (χ2n) is 12.1. The van der Waals surface area contributed by atoms with Crippen LogP contribution >= 0.6 is 0 Å². The number of ether oxygens (including phenoxy) is 2. The van der Waals surface area contributed by atoms with Gasteiger partial charge in [-0.3, -0.25) is 9.36 Å². The molecule has 0 unspecified atom stereocenters. The first kappa shape index (κ1) is 29.8. The van der Waals surface area contributed by atoms with Crippen LogP contribution in [0.5, 0.6) is 17.4 Å². The zero-order valence-corrected chi connectivity index (χ0v) is 24.2. The molecule has 0 saturated carbocycles. The molecule has 10 heteroatoms. The van der Waals surface area contributed by atoms with Crippen LogP contribution < -0.4 is 26.2 Å². The van der Waals surface area contributed by atoms with Crippen molar-refractivity contribution in [1.82, 2.24) is 19.9 Å². The number of nitrogens with zero attached hydrogens (tertiary/aromatic N) is 2. The third kappa shape index (κ3) is 7.96. The number of β-amino-alcohol motifs (C(OH)–C–C–N with tert-alkyl or cyclic N) is 1. The Kier molecular flexibility index (Phi) is 8.84. The molecule has 10 nitrogen and oxygen atoms in total. The highest BCUT2D eigenvalue weighted by Gasteiger charge is 2.21. The van der Waals surface area contributed by atoms with Crippen LogP contribution in [0.25, 0.3) is 11.0 Å². The SMILES string of the molecule is CC(C)(C)Cn1c(=O)[nH]c2cccc(OC[C@H](O)CNC(C)(C)Cc3ccc(Oc4ncccc4C(N)=O)cc3)c21. The molecule has 0 aliphatic carbocycles. The van der Waals surface area contributed by atoms with Gasteiger partial charge in [-0.05, 0) is 67.6 Å². The fourth-order valence-corrected chi connectivity index (χ4v) is 4.59. The first-order valence-electron chi connectivity index (χ1n) is 13.6. The molecule has 0 aliphatic rings. The minimum absolute atomic E-state index is 0.0733. The minimum atomic E-state index is -0.764. The molecule has 0 fully saturated rings. The van der Waals surface area contributed by atoms with Gasteiger partial charge in [0.15, 0.2) is 0 Å². The largest absolute Gasteiger partial charge is 0.489 e. The van der Waals surface area contributed by atoms with Crippen molar-refractivity contribution in [1.29, 1.82) is 0 Å². The number of nitrogens with one attached hydrogen (secondary N) is 2. The Labute approximate surface area is 239 Å². The van der Waals surface area contributed by atoms with E-state index in [2.05, 4.69) is 49.9 Å². The number of hydrogen-bond donors (Lipinski definition) is 4. The summed E-state index contributed by atoms with van der Waals surface area (Å²) < 4.78 is 13.5. The number of nitrogens with two attached hydrogens (primary N) is 1. The standard InChI is InChI=1S/C31H39N5O5/c1-30(2,3)19-36-26-24(35-29(36)39)9-6-10-25(26)40-18-21(37)17-34-31(4,5)16-20-11-13-22(14-12-20)41-28-23(27(32)38)8-7-15-33-28/h6-15,21,34,37H,16-19H2,1-5H3,(H2,32,38)(H,35,39)/t21-/m1/s1. The molecular formula is C31H39N5O5. The predicted molar refractivity (Wildman–Crippen MR) is 159 cm³/mol. The molecule has 4 rings (SSSR count). The number of rotatable bonds is 12. The van der Waals surface area contributed by atoms with Crippen molar-refractivity contribution < 1.29 is 19.4 Å². The number of aliphatic hydroxyl groups is 1. The van der Waals surface area contributed by atoms with Crippen LogP contribution in [0.2, 0.25) is 0 Å². The Bertz CT molecular complexity index is 1550. The summed E-state index contributed by atoms with van der Waals surface area (Å²) in [5, 5.41) is 14.1. The van der Waals surface area contributed by atoms with Crippen molar-refractivity contribution in [3.05, 3.63) is 82.4 Å². The van der Waals surface area contributed by atoms with Crippen LogP contribution in [0.3, 0.4) is 0 Å². The van der Waals surface area contributed by atoms with Gasteiger partial charge in [-0.2, -0.15) is 0 Å². The van der Waals surface area contributed by atoms with Gasteiger partial charge in [-0.25, -0.2) is 9.78 Å². The van der Waals surface area contributed by atoms with Gasteiger partial charge in [-0.1, -0.05) is 39.0 Å². The molecule has 2 heterocycles. The summed E-state index contributed by atoms with van der Waals surface area (Å²) in [4.78, 5) is 31.2. The number of imidazole rings is 1. The number of hydrogen-bond acceptors (Lipinski definition) is 7. The molecule has 4 aromatic rings. The van der Waals surface area contributed by atoms with Crippen LogP contribution in [0.1, 0.15) is 50.5 Å². The van der Waals surface area contributed by atoms with Crippen molar-refractivity contribution in [2.24, 2.45) is 11.1 Å². The summed E-state index contributed by atoms with van der Waals surface area (Å²) in [6, 6.07) is 16.2. The van der Waals surface area contributed by atoms with Crippen molar-refractivity contribution in [3.63, 3.8) is 0 Å². The molecule has 0 bridgehead atoms. The number of carbonyl (C=O) groups is 1. The fourth-order valence-electron chi connectivity index (χ4n) is 4.59. The zero-order chi connectivity index (χ0) is 29.8. The summed E-state index contributed by atoms with van der Waals surface area (Å²) in [5.41, 5.74) is 7.49. The third-order valence-corrected chi connectivity index (χ3v) is 6.46. The zero-order valence-electron chi connectivity index (χ0n) is 24.2. The summed E-state index contributed by atoms with van der Waals surface area (Å²) in [6.07, 6.45) is 1.47. The molecule has 0 spiro atoms. The first-order valence-corrected chi connectivity index (χ1v) is 13.6. The fraction of sp³-hybridized carbons (Fsp3) is 0.387. The smallest absolute Gasteiger partial charge is 0.326 e. The van der Waals surface area contributed by atoms with Gasteiger partial charge in [0.2, 0.25) is 5.88 Å². The van der Waals surface area contributed by atoms with E-state index in [4.69, 9.17) is 15.2 Å². The van der Waals surface area contributed by atoms with Crippen molar-refractivity contribution in [2.75, 3.05) is 13.2 Å². The van der Waals surface area contributed by atoms with E-state index in [1.807, 2.05) is 42.5 Å². The van der Waals surface area contributed by atoms with Gasteiger partial charge in [0.25, 0.3) is 5.91 Å². The van der Waals surface area contributed by atoms with E-state index >= 15 is 0 Å². The number of fused-ring (bicyclic) bond motifs is 1. The Hall–Kier alpha value is -4.15. The maximum absolute atomic E-state index is 12.6. The molecule has 41 heavy (non-hydrogen) atoms. The highest BCUT2D eigenvalue weighted by molar-refractivity contribution is 5.95. The molecule has 0 saturated heterocycles. The van der Waals surface area contributed by atoms with Crippen LogP contribution in [-0.2, 0) is 13.0 Å². The number of H-pyrrole nitrogens is 1. The molecule has 2 aromatic carbocycles. The number of amides is 1.